The van der Waals surface area contributed by atoms with Crippen LogP contribution in [0.1, 0.15) is 31.4 Å². The number of hydrogen-bond acceptors (Lipinski definition) is 5. The van der Waals surface area contributed by atoms with Crippen LogP contribution in [-0.4, -0.2) is 33.8 Å². The number of esters is 1. The Bertz CT molecular complexity index is 434. The van der Waals surface area contributed by atoms with Crippen molar-refractivity contribution in [3.05, 3.63) is 23.8 Å². The lowest BCUT2D eigenvalue weighted by Crippen LogP contribution is -2.21. The molecule has 0 saturated heterocycles. The second-order valence-corrected chi connectivity index (χ2v) is 4.46. The maximum atomic E-state index is 11.0. The average molecular weight is 281 g/mol. The van der Waals surface area contributed by atoms with Gasteiger partial charge in [-0.1, -0.05) is 6.07 Å². The number of methoxy groups -OCH3 is 3. The molecule has 0 spiro atoms. The highest BCUT2D eigenvalue weighted by atomic mass is 16.5. The standard InChI is InChI=1S/C15H23NO4/c1-11(16-9-5-6-15(17)20-4)13-8-7-12(18-2)10-14(13)19-3/h7-8,10-11,16H,5-6,9H2,1-4H3. The van der Waals surface area contributed by atoms with Gasteiger partial charge in [0.25, 0.3) is 0 Å². The van der Waals surface area contributed by atoms with Crippen LogP contribution >= 0.6 is 0 Å². The van der Waals surface area contributed by atoms with Crippen molar-refractivity contribution >= 4 is 5.97 Å². The highest BCUT2D eigenvalue weighted by Crippen LogP contribution is 2.29. The lowest BCUT2D eigenvalue weighted by atomic mass is 10.1. The number of benzene rings is 1. The summed E-state index contributed by atoms with van der Waals surface area (Å²) in [6, 6.07) is 5.88. The molecule has 20 heavy (non-hydrogen) atoms. The van der Waals surface area contributed by atoms with Crippen LogP contribution < -0.4 is 14.8 Å². The van der Waals surface area contributed by atoms with Gasteiger partial charge in [-0.05, 0) is 26.0 Å². The number of carbonyl (C=O) groups excluding carboxylic acids is 1. The van der Waals surface area contributed by atoms with Crippen LogP contribution in [0.5, 0.6) is 11.5 Å². The first kappa shape index (κ1) is 16.3. The Morgan fingerprint density at radius 1 is 1.25 bits per heavy atom. The van der Waals surface area contributed by atoms with Crippen LogP contribution in [0.4, 0.5) is 0 Å². The van der Waals surface area contributed by atoms with Gasteiger partial charge in [0.1, 0.15) is 11.5 Å². The van der Waals surface area contributed by atoms with Crippen LogP contribution in [0, 0.1) is 0 Å². The van der Waals surface area contributed by atoms with Crippen LogP contribution in [0.2, 0.25) is 0 Å². The van der Waals surface area contributed by atoms with Crippen LogP contribution in [0.15, 0.2) is 18.2 Å². The van der Waals surface area contributed by atoms with Gasteiger partial charge in [-0.15, -0.1) is 0 Å². The van der Waals surface area contributed by atoms with Crippen molar-refractivity contribution in [2.75, 3.05) is 27.9 Å². The van der Waals surface area contributed by atoms with Gasteiger partial charge in [0.15, 0.2) is 0 Å². The van der Waals surface area contributed by atoms with Gasteiger partial charge in [-0.2, -0.15) is 0 Å². The maximum Gasteiger partial charge on any atom is 0.305 e. The van der Waals surface area contributed by atoms with Gasteiger partial charge in [0.05, 0.1) is 21.3 Å². The summed E-state index contributed by atoms with van der Waals surface area (Å²) >= 11 is 0. The second-order valence-electron chi connectivity index (χ2n) is 4.46. The molecule has 1 rings (SSSR count). The van der Waals surface area contributed by atoms with E-state index in [1.165, 1.54) is 7.11 Å². The number of rotatable bonds is 8. The first-order valence-electron chi connectivity index (χ1n) is 6.64. The Hall–Kier alpha value is -1.75. The summed E-state index contributed by atoms with van der Waals surface area (Å²) in [5.74, 6) is 1.38. The summed E-state index contributed by atoms with van der Waals surface area (Å²) in [4.78, 5) is 11.0. The van der Waals surface area contributed by atoms with E-state index in [1.807, 2.05) is 18.2 Å². The Balaban J connectivity index is 2.54. The number of hydrogen-bond donors (Lipinski definition) is 1. The third kappa shape index (κ3) is 4.74. The van der Waals surface area contributed by atoms with E-state index in [4.69, 9.17) is 9.47 Å². The van der Waals surface area contributed by atoms with E-state index in [1.54, 1.807) is 14.2 Å². The predicted molar refractivity (Wildman–Crippen MR) is 77.2 cm³/mol. The molecule has 0 bridgehead atoms. The van der Waals surface area contributed by atoms with Gasteiger partial charge in [0.2, 0.25) is 0 Å². The zero-order valence-electron chi connectivity index (χ0n) is 12.6. The normalized spacial score (nSPS) is 11.8. The van der Waals surface area contributed by atoms with Crippen molar-refractivity contribution in [2.24, 2.45) is 0 Å². The first-order valence-corrected chi connectivity index (χ1v) is 6.64. The van der Waals surface area contributed by atoms with Gasteiger partial charge in [0, 0.05) is 24.1 Å². The molecule has 0 aliphatic carbocycles. The van der Waals surface area contributed by atoms with E-state index in [2.05, 4.69) is 17.0 Å². The smallest absolute Gasteiger partial charge is 0.305 e. The summed E-state index contributed by atoms with van der Waals surface area (Å²) < 4.78 is 15.2. The predicted octanol–water partition coefficient (Wildman–Crippen LogP) is 2.31. The van der Waals surface area contributed by atoms with Crippen LogP contribution in [-0.2, 0) is 9.53 Å². The molecule has 5 heteroatoms. The van der Waals surface area contributed by atoms with Crippen molar-refractivity contribution in [3.63, 3.8) is 0 Å². The third-order valence-corrected chi connectivity index (χ3v) is 3.14. The molecule has 0 fully saturated rings. The molecule has 5 nitrogen and oxygen atoms in total. The number of nitrogens with one attached hydrogen (secondary N) is 1. The lowest BCUT2D eigenvalue weighted by Gasteiger charge is -2.18. The molecule has 1 N–H and O–H groups in total. The second kappa shape index (κ2) is 8.43. The monoisotopic (exact) mass is 281 g/mol. The molecule has 112 valence electrons. The van der Waals surface area contributed by atoms with Crippen molar-refractivity contribution in [1.29, 1.82) is 0 Å². The molecule has 1 aromatic carbocycles. The molecular weight excluding hydrogens is 258 g/mol. The fraction of sp³-hybridized carbons (Fsp3) is 0.533. The van der Waals surface area contributed by atoms with Crippen molar-refractivity contribution in [2.45, 2.75) is 25.8 Å². The van der Waals surface area contributed by atoms with Gasteiger partial charge in [-0.3, -0.25) is 4.79 Å². The number of ether oxygens (including phenoxy) is 3. The van der Waals surface area contributed by atoms with Crippen molar-refractivity contribution < 1.29 is 19.0 Å². The van der Waals surface area contributed by atoms with Crippen molar-refractivity contribution in [1.82, 2.24) is 5.32 Å². The molecule has 0 aliphatic heterocycles. The lowest BCUT2D eigenvalue weighted by molar-refractivity contribution is -0.140. The zero-order chi connectivity index (χ0) is 15.0. The van der Waals surface area contributed by atoms with E-state index in [0.717, 1.165) is 30.0 Å². The van der Waals surface area contributed by atoms with E-state index < -0.39 is 0 Å². The highest BCUT2D eigenvalue weighted by molar-refractivity contribution is 5.69. The largest absolute Gasteiger partial charge is 0.497 e. The molecule has 0 aromatic heterocycles. The molecule has 0 aliphatic rings. The topological polar surface area (TPSA) is 56.8 Å². The molecular formula is C15H23NO4. The quantitative estimate of drug-likeness (QED) is 0.585. The summed E-state index contributed by atoms with van der Waals surface area (Å²) in [7, 11) is 4.67. The molecule has 0 radical (unpaired) electrons. The average Bonchev–Trinajstić information content (AvgIpc) is 2.50. The number of carbonyl (C=O) groups is 1. The van der Waals surface area contributed by atoms with Crippen molar-refractivity contribution in [3.8, 4) is 11.5 Å². The Labute approximate surface area is 120 Å². The molecule has 1 unspecified atom stereocenters. The molecule has 0 saturated carbocycles. The minimum absolute atomic E-state index is 0.133. The van der Waals surface area contributed by atoms with E-state index >= 15 is 0 Å². The van der Waals surface area contributed by atoms with Crippen LogP contribution in [0.25, 0.3) is 0 Å². The molecule has 0 amide bonds. The molecule has 1 atom stereocenters. The van der Waals surface area contributed by atoms with Crippen LogP contribution in [0.3, 0.4) is 0 Å². The molecule has 0 heterocycles. The minimum atomic E-state index is -0.179. The first-order chi connectivity index (χ1) is 9.62. The Morgan fingerprint density at radius 2 is 2.00 bits per heavy atom. The maximum absolute atomic E-state index is 11.0. The minimum Gasteiger partial charge on any atom is -0.497 e. The van der Waals surface area contributed by atoms with Gasteiger partial charge >= 0.3 is 5.97 Å². The fourth-order valence-electron chi connectivity index (χ4n) is 1.94. The van der Waals surface area contributed by atoms with E-state index in [0.29, 0.717) is 6.42 Å². The summed E-state index contributed by atoms with van der Waals surface area (Å²) in [6.45, 7) is 2.80. The SMILES string of the molecule is COC(=O)CCCNC(C)c1ccc(OC)cc1OC. The Kier molecular flexibility index (Phi) is 6.87. The Morgan fingerprint density at radius 3 is 2.60 bits per heavy atom. The summed E-state index contributed by atoms with van der Waals surface area (Å²) in [5, 5.41) is 3.36. The van der Waals surface area contributed by atoms with E-state index in [-0.39, 0.29) is 12.0 Å². The van der Waals surface area contributed by atoms with Gasteiger partial charge < -0.3 is 19.5 Å². The van der Waals surface area contributed by atoms with Gasteiger partial charge in [-0.25, -0.2) is 0 Å². The molecule has 1 aromatic rings. The summed E-state index contributed by atoms with van der Waals surface area (Å²) in [5.41, 5.74) is 1.06. The highest BCUT2D eigenvalue weighted by Gasteiger charge is 2.12. The fourth-order valence-corrected chi connectivity index (χ4v) is 1.94. The summed E-state index contributed by atoms with van der Waals surface area (Å²) in [6.07, 6.45) is 1.17. The van der Waals surface area contributed by atoms with E-state index in [9.17, 15) is 4.79 Å². The zero-order valence-corrected chi connectivity index (χ0v) is 12.6. The third-order valence-electron chi connectivity index (χ3n) is 3.14.